The van der Waals surface area contributed by atoms with Gasteiger partial charge >= 0.3 is 0 Å². The maximum Gasteiger partial charge on any atom is 0.291 e. The Balaban J connectivity index is 1.59. The number of rotatable bonds is 6. The number of halogens is 1. The van der Waals surface area contributed by atoms with Crippen LogP contribution in [0.2, 0.25) is 0 Å². The summed E-state index contributed by atoms with van der Waals surface area (Å²) in [5.41, 5.74) is 0.463. The lowest BCUT2D eigenvalue weighted by molar-refractivity contribution is 0.0995. The molecule has 9 nitrogen and oxygen atoms in total. The molecule has 31 heavy (non-hydrogen) atoms. The van der Waals surface area contributed by atoms with Crippen molar-refractivity contribution < 1.29 is 22.0 Å². The van der Waals surface area contributed by atoms with E-state index in [1.807, 2.05) is 0 Å². The van der Waals surface area contributed by atoms with E-state index in [1.54, 1.807) is 25.1 Å². The zero-order valence-electron chi connectivity index (χ0n) is 16.2. The van der Waals surface area contributed by atoms with Crippen molar-refractivity contribution in [3.63, 3.8) is 0 Å². The van der Waals surface area contributed by atoms with E-state index >= 15 is 0 Å². The van der Waals surface area contributed by atoms with Crippen LogP contribution < -0.4 is 5.32 Å². The first-order valence-corrected chi connectivity index (χ1v) is 10.7. The molecule has 2 heterocycles. The van der Waals surface area contributed by atoms with Gasteiger partial charge in [-0.2, -0.15) is 4.68 Å². The number of furan rings is 1. The van der Waals surface area contributed by atoms with Crippen molar-refractivity contribution in [2.45, 2.75) is 17.6 Å². The van der Waals surface area contributed by atoms with Crippen molar-refractivity contribution in [1.82, 2.24) is 20.2 Å². The van der Waals surface area contributed by atoms with Gasteiger partial charge in [0.05, 0.1) is 28.3 Å². The van der Waals surface area contributed by atoms with Gasteiger partial charge in [0.2, 0.25) is 0 Å². The molecular formula is C20H16FN5O4S. The van der Waals surface area contributed by atoms with Gasteiger partial charge in [-0.1, -0.05) is 18.2 Å². The molecule has 0 unspecified atom stereocenters. The van der Waals surface area contributed by atoms with Crippen LogP contribution in [0.25, 0.3) is 5.69 Å². The molecule has 0 atom stereocenters. The Hall–Kier alpha value is -3.86. The number of hydrogen-bond donors (Lipinski definition) is 1. The molecule has 4 rings (SSSR count). The van der Waals surface area contributed by atoms with E-state index in [4.69, 9.17) is 4.42 Å². The molecular weight excluding hydrogens is 425 g/mol. The fourth-order valence-corrected chi connectivity index (χ4v) is 4.33. The minimum Gasteiger partial charge on any atom is -0.459 e. The molecule has 1 N–H and O–H groups in total. The average Bonchev–Trinajstić information content (AvgIpc) is 3.39. The number of aryl methyl sites for hydroxylation is 1. The molecule has 1 amide bonds. The Morgan fingerprint density at radius 1 is 1.16 bits per heavy atom. The van der Waals surface area contributed by atoms with Gasteiger partial charge in [0, 0.05) is 5.56 Å². The van der Waals surface area contributed by atoms with Crippen LogP contribution in [-0.4, -0.2) is 34.5 Å². The van der Waals surface area contributed by atoms with Crippen LogP contribution in [0.5, 0.6) is 0 Å². The lowest BCUT2D eigenvalue weighted by Gasteiger charge is -2.09. The summed E-state index contributed by atoms with van der Waals surface area (Å²) in [6.07, 6.45) is 1.21. The zero-order valence-corrected chi connectivity index (χ0v) is 17.0. The Kier molecular flexibility index (Phi) is 5.34. The second-order valence-electron chi connectivity index (χ2n) is 6.60. The minimum absolute atomic E-state index is 0.123. The molecule has 0 bridgehead atoms. The van der Waals surface area contributed by atoms with E-state index in [1.165, 1.54) is 41.3 Å². The van der Waals surface area contributed by atoms with Gasteiger partial charge in [-0.25, -0.2) is 12.8 Å². The minimum atomic E-state index is -3.70. The molecule has 158 valence electrons. The highest BCUT2D eigenvalue weighted by atomic mass is 32.2. The highest BCUT2D eigenvalue weighted by Gasteiger charge is 2.23. The van der Waals surface area contributed by atoms with Crippen LogP contribution in [0.4, 0.5) is 10.1 Å². The lowest BCUT2D eigenvalue weighted by Crippen LogP contribution is -2.16. The maximum absolute atomic E-state index is 14.3. The van der Waals surface area contributed by atoms with Crippen LogP contribution in [0.1, 0.15) is 21.9 Å². The van der Waals surface area contributed by atoms with Gasteiger partial charge in [-0.15, -0.1) is 5.10 Å². The van der Waals surface area contributed by atoms with Crippen LogP contribution >= 0.6 is 0 Å². The summed E-state index contributed by atoms with van der Waals surface area (Å²) in [5, 5.41) is 13.5. The van der Waals surface area contributed by atoms with Gasteiger partial charge < -0.3 is 9.73 Å². The number of tetrazole rings is 1. The zero-order chi connectivity index (χ0) is 22.0. The standard InChI is InChI=1S/C20H16FN5O4S/c1-13-23-24-25-26(13)15-7-8-17(21)18(11-15)22-20(27)19-14(9-10-30-19)12-31(28,29)16-5-3-2-4-6-16/h2-11H,12H2,1H3,(H,22,27). The van der Waals surface area contributed by atoms with Crippen LogP contribution in [0, 0.1) is 12.7 Å². The summed E-state index contributed by atoms with van der Waals surface area (Å²) >= 11 is 0. The monoisotopic (exact) mass is 441 g/mol. The first-order valence-electron chi connectivity index (χ1n) is 9.05. The van der Waals surface area contributed by atoms with Gasteiger partial charge in [0.15, 0.2) is 21.4 Å². The normalized spacial score (nSPS) is 11.4. The lowest BCUT2D eigenvalue weighted by atomic mass is 10.2. The molecule has 0 saturated heterocycles. The first-order chi connectivity index (χ1) is 14.8. The Morgan fingerprint density at radius 2 is 1.94 bits per heavy atom. The summed E-state index contributed by atoms with van der Waals surface area (Å²) in [6, 6.07) is 13.2. The third kappa shape index (κ3) is 4.21. The molecule has 0 aliphatic rings. The highest BCUT2D eigenvalue weighted by Crippen LogP contribution is 2.23. The van der Waals surface area contributed by atoms with E-state index in [0.29, 0.717) is 11.5 Å². The number of hydrogen-bond acceptors (Lipinski definition) is 7. The average molecular weight is 441 g/mol. The summed E-state index contributed by atoms with van der Waals surface area (Å²) in [5.74, 6) is -1.66. The number of nitrogens with one attached hydrogen (secondary N) is 1. The van der Waals surface area contributed by atoms with Crippen molar-refractivity contribution in [3.05, 3.63) is 83.8 Å². The molecule has 2 aromatic heterocycles. The number of sulfone groups is 1. The molecule has 0 saturated carbocycles. The molecule has 0 spiro atoms. The number of benzene rings is 2. The van der Waals surface area contributed by atoms with Gasteiger partial charge in [0.1, 0.15) is 5.82 Å². The quantitative estimate of drug-likeness (QED) is 0.488. The van der Waals surface area contributed by atoms with E-state index in [0.717, 1.165) is 6.07 Å². The fourth-order valence-electron chi connectivity index (χ4n) is 2.95. The molecule has 2 aromatic carbocycles. The Labute approximate surface area is 176 Å². The van der Waals surface area contributed by atoms with Crippen LogP contribution in [-0.2, 0) is 15.6 Å². The second kappa shape index (κ2) is 8.11. The number of nitrogens with zero attached hydrogens (tertiary/aromatic N) is 4. The molecule has 0 aliphatic carbocycles. The largest absolute Gasteiger partial charge is 0.459 e. The SMILES string of the molecule is Cc1nnnn1-c1ccc(F)c(NC(=O)c2occc2CS(=O)(=O)c2ccccc2)c1. The number of carbonyl (C=O) groups excluding carboxylic acids is 1. The smallest absolute Gasteiger partial charge is 0.291 e. The molecule has 4 aromatic rings. The van der Waals surface area contributed by atoms with Gasteiger partial charge in [0.25, 0.3) is 5.91 Å². The molecule has 0 fully saturated rings. The van der Waals surface area contributed by atoms with Crippen LogP contribution in [0.15, 0.2) is 70.2 Å². The topological polar surface area (TPSA) is 120 Å². The van der Waals surface area contributed by atoms with Gasteiger partial charge in [-0.3, -0.25) is 4.79 Å². The van der Waals surface area contributed by atoms with Crippen molar-refractivity contribution in [1.29, 1.82) is 0 Å². The number of anilines is 1. The van der Waals surface area contributed by atoms with Crippen molar-refractivity contribution in [2.75, 3.05) is 5.32 Å². The molecule has 11 heteroatoms. The van der Waals surface area contributed by atoms with E-state index < -0.39 is 27.3 Å². The predicted octanol–water partition coefficient (Wildman–Crippen LogP) is 2.93. The van der Waals surface area contributed by atoms with Crippen molar-refractivity contribution in [3.8, 4) is 5.69 Å². The fraction of sp³-hybridized carbons (Fsp3) is 0.100. The number of aromatic nitrogens is 4. The Morgan fingerprint density at radius 3 is 2.65 bits per heavy atom. The van der Waals surface area contributed by atoms with Crippen molar-refractivity contribution >= 4 is 21.4 Å². The number of amides is 1. The summed E-state index contributed by atoms with van der Waals surface area (Å²) in [6.45, 7) is 1.67. The second-order valence-corrected chi connectivity index (χ2v) is 8.59. The third-order valence-electron chi connectivity index (χ3n) is 4.47. The molecule has 0 radical (unpaired) electrons. The number of carbonyl (C=O) groups is 1. The van der Waals surface area contributed by atoms with E-state index in [2.05, 4.69) is 20.8 Å². The molecule has 0 aliphatic heterocycles. The van der Waals surface area contributed by atoms with E-state index in [9.17, 15) is 17.6 Å². The van der Waals surface area contributed by atoms with Crippen molar-refractivity contribution in [2.24, 2.45) is 0 Å². The Bertz CT molecular complexity index is 1350. The third-order valence-corrected chi connectivity index (χ3v) is 6.15. The highest BCUT2D eigenvalue weighted by molar-refractivity contribution is 7.90. The summed E-state index contributed by atoms with van der Waals surface area (Å²) < 4.78 is 46.2. The van der Waals surface area contributed by atoms with Gasteiger partial charge in [-0.05, 0) is 53.7 Å². The first kappa shape index (κ1) is 20.4. The summed E-state index contributed by atoms with van der Waals surface area (Å²) in [4.78, 5) is 12.8. The maximum atomic E-state index is 14.3. The predicted molar refractivity (Wildman–Crippen MR) is 108 cm³/mol. The van der Waals surface area contributed by atoms with Crippen LogP contribution in [0.3, 0.4) is 0 Å². The summed E-state index contributed by atoms with van der Waals surface area (Å²) in [7, 11) is -3.70. The van der Waals surface area contributed by atoms with E-state index in [-0.39, 0.29) is 21.9 Å².